The summed E-state index contributed by atoms with van der Waals surface area (Å²) in [4.78, 5) is 2.23. The fourth-order valence-electron chi connectivity index (χ4n) is 3.32. The zero-order chi connectivity index (χ0) is 21.8. The minimum atomic E-state index is -3.80. The maximum Gasteiger partial charge on any atom is 0.240 e. The van der Waals surface area contributed by atoms with Gasteiger partial charge in [0.05, 0.1) is 23.0 Å². The van der Waals surface area contributed by atoms with Gasteiger partial charge < -0.3 is 4.74 Å². The number of morpholine rings is 1. The van der Waals surface area contributed by atoms with E-state index in [0.29, 0.717) is 13.2 Å². The second-order valence-corrected chi connectivity index (χ2v) is 10.8. The van der Waals surface area contributed by atoms with Gasteiger partial charge in [-0.15, -0.1) is 0 Å². The molecular formula is C20H27N3O5S2. The Morgan fingerprint density at radius 3 is 1.97 bits per heavy atom. The average molecular weight is 454 g/mol. The summed E-state index contributed by atoms with van der Waals surface area (Å²) in [5.41, 5.74) is 2.16. The van der Waals surface area contributed by atoms with E-state index < -0.39 is 20.0 Å². The molecule has 0 amide bonds. The van der Waals surface area contributed by atoms with E-state index in [1.165, 1.54) is 31.3 Å². The standard InChI is InChI=1S/C20H27N3O5S2/c1-16-3-5-17(6-4-16)20(23-11-13-28-14-12-23)15-22-30(26,27)19-9-7-18(8-10-19)29(24,25)21-2/h3-10,20-22H,11-15H2,1-2H3. The molecule has 10 heteroatoms. The van der Waals surface area contributed by atoms with Crippen LogP contribution in [0.1, 0.15) is 17.2 Å². The Balaban J connectivity index is 1.79. The van der Waals surface area contributed by atoms with Gasteiger partial charge in [-0.25, -0.2) is 26.3 Å². The molecule has 164 valence electrons. The molecule has 3 rings (SSSR count). The molecule has 2 aromatic carbocycles. The molecule has 0 aliphatic carbocycles. The fraction of sp³-hybridized carbons (Fsp3) is 0.400. The third-order valence-electron chi connectivity index (χ3n) is 5.13. The third-order valence-corrected chi connectivity index (χ3v) is 8.00. The van der Waals surface area contributed by atoms with Crippen molar-refractivity contribution < 1.29 is 21.6 Å². The van der Waals surface area contributed by atoms with E-state index in [0.717, 1.165) is 24.2 Å². The number of benzene rings is 2. The van der Waals surface area contributed by atoms with Crippen molar-refractivity contribution in [3.63, 3.8) is 0 Å². The lowest BCUT2D eigenvalue weighted by Gasteiger charge is -2.35. The Kier molecular flexibility index (Phi) is 7.27. The van der Waals surface area contributed by atoms with Crippen molar-refractivity contribution in [2.24, 2.45) is 0 Å². The van der Waals surface area contributed by atoms with Gasteiger partial charge in [0.25, 0.3) is 0 Å². The molecule has 1 aliphatic heterocycles. The second-order valence-electron chi connectivity index (χ2n) is 7.11. The third kappa shape index (κ3) is 5.45. The van der Waals surface area contributed by atoms with Crippen LogP contribution in [0.5, 0.6) is 0 Å². The molecule has 0 radical (unpaired) electrons. The minimum absolute atomic E-state index is 0.00907. The zero-order valence-corrected chi connectivity index (χ0v) is 18.7. The van der Waals surface area contributed by atoms with Gasteiger partial charge in [0, 0.05) is 25.7 Å². The summed E-state index contributed by atoms with van der Waals surface area (Å²) in [5.74, 6) is 0. The summed E-state index contributed by atoms with van der Waals surface area (Å²) >= 11 is 0. The van der Waals surface area contributed by atoms with Crippen LogP contribution in [0.4, 0.5) is 0 Å². The molecule has 0 saturated carbocycles. The topological polar surface area (TPSA) is 105 Å². The molecule has 1 unspecified atom stereocenters. The molecule has 30 heavy (non-hydrogen) atoms. The lowest BCUT2D eigenvalue weighted by molar-refractivity contribution is 0.0172. The number of hydrogen-bond donors (Lipinski definition) is 2. The van der Waals surface area contributed by atoms with E-state index in [1.807, 2.05) is 31.2 Å². The van der Waals surface area contributed by atoms with Crippen LogP contribution in [0.25, 0.3) is 0 Å². The van der Waals surface area contributed by atoms with E-state index >= 15 is 0 Å². The van der Waals surface area contributed by atoms with Crippen LogP contribution in [0.2, 0.25) is 0 Å². The van der Waals surface area contributed by atoms with Gasteiger partial charge in [-0.3, -0.25) is 4.90 Å². The number of ether oxygens (including phenoxy) is 1. The molecular weight excluding hydrogens is 426 g/mol. The summed E-state index contributed by atoms with van der Waals surface area (Å²) in [6.45, 7) is 4.86. The van der Waals surface area contributed by atoms with Crippen molar-refractivity contribution in [3.8, 4) is 0 Å². The molecule has 1 heterocycles. The summed E-state index contributed by atoms with van der Waals surface area (Å²) in [6.07, 6.45) is 0. The van der Waals surface area contributed by atoms with Gasteiger partial charge in [0.2, 0.25) is 20.0 Å². The molecule has 1 aliphatic rings. The molecule has 0 aromatic heterocycles. The van der Waals surface area contributed by atoms with Crippen molar-refractivity contribution in [1.29, 1.82) is 0 Å². The van der Waals surface area contributed by atoms with Gasteiger partial charge in [-0.2, -0.15) is 0 Å². The lowest BCUT2D eigenvalue weighted by atomic mass is 10.0. The minimum Gasteiger partial charge on any atom is -0.379 e. The first-order valence-electron chi connectivity index (χ1n) is 9.64. The summed E-state index contributed by atoms with van der Waals surface area (Å²) in [6, 6.07) is 13.1. The molecule has 1 fully saturated rings. The second kappa shape index (κ2) is 9.54. The van der Waals surface area contributed by atoms with Gasteiger partial charge in [0.15, 0.2) is 0 Å². The highest BCUT2D eigenvalue weighted by atomic mass is 32.2. The van der Waals surface area contributed by atoms with Crippen LogP contribution in [0, 0.1) is 6.92 Å². The van der Waals surface area contributed by atoms with E-state index in [1.54, 1.807) is 0 Å². The molecule has 1 atom stereocenters. The molecule has 0 spiro atoms. The van der Waals surface area contributed by atoms with E-state index in [2.05, 4.69) is 14.3 Å². The predicted molar refractivity (Wildman–Crippen MR) is 114 cm³/mol. The number of hydrogen-bond acceptors (Lipinski definition) is 6. The molecule has 2 aromatic rings. The molecule has 8 nitrogen and oxygen atoms in total. The Bertz CT molecular complexity index is 1050. The Morgan fingerprint density at radius 1 is 0.900 bits per heavy atom. The number of aryl methyl sites for hydroxylation is 1. The maximum atomic E-state index is 12.8. The first-order chi connectivity index (χ1) is 14.2. The lowest BCUT2D eigenvalue weighted by Crippen LogP contribution is -2.43. The maximum absolute atomic E-state index is 12.8. The predicted octanol–water partition coefficient (Wildman–Crippen LogP) is 1.25. The Labute approximate surface area is 178 Å². The SMILES string of the molecule is CNS(=O)(=O)c1ccc(S(=O)(=O)NCC(c2ccc(C)cc2)N2CCOCC2)cc1. The van der Waals surface area contributed by atoms with E-state index in [9.17, 15) is 16.8 Å². The van der Waals surface area contributed by atoms with Gasteiger partial charge >= 0.3 is 0 Å². The van der Waals surface area contributed by atoms with E-state index in [-0.39, 0.29) is 22.4 Å². The normalized spacial score (nSPS) is 17.0. The van der Waals surface area contributed by atoms with Crippen molar-refractivity contribution in [1.82, 2.24) is 14.3 Å². The van der Waals surface area contributed by atoms with Crippen LogP contribution in [-0.4, -0.2) is 61.6 Å². The molecule has 1 saturated heterocycles. The van der Waals surface area contributed by atoms with E-state index in [4.69, 9.17) is 4.74 Å². The first kappa shape index (κ1) is 22.9. The first-order valence-corrected chi connectivity index (χ1v) is 12.6. The van der Waals surface area contributed by atoms with Crippen molar-refractivity contribution in [3.05, 3.63) is 59.7 Å². The number of nitrogens with zero attached hydrogens (tertiary/aromatic N) is 1. The van der Waals surface area contributed by atoms with Crippen LogP contribution in [0.15, 0.2) is 58.3 Å². The highest BCUT2D eigenvalue weighted by molar-refractivity contribution is 7.90. The van der Waals surface area contributed by atoms with Crippen LogP contribution in [-0.2, 0) is 24.8 Å². The number of sulfonamides is 2. The quantitative estimate of drug-likeness (QED) is 0.624. The van der Waals surface area contributed by atoms with Crippen LogP contribution >= 0.6 is 0 Å². The smallest absolute Gasteiger partial charge is 0.240 e. The van der Waals surface area contributed by atoms with Crippen LogP contribution < -0.4 is 9.44 Å². The number of rotatable bonds is 8. The van der Waals surface area contributed by atoms with Crippen molar-refractivity contribution in [2.75, 3.05) is 39.9 Å². The van der Waals surface area contributed by atoms with Crippen LogP contribution in [0.3, 0.4) is 0 Å². The van der Waals surface area contributed by atoms with Gasteiger partial charge in [0.1, 0.15) is 0 Å². The van der Waals surface area contributed by atoms with Gasteiger partial charge in [-0.05, 0) is 43.8 Å². The summed E-state index contributed by atoms with van der Waals surface area (Å²) in [7, 11) is -6.12. The zero-order valence-electron chi connectivity index (χ0n) is 17.0. The van der Waals surface area contributed by atoms with Crippen molar-refractivity contribution >= 4 is 20.0 Å². The summed E-state index contributed by atoms with van der Waals surface area (Å²) in [5, 5.41) is 0. The monoisotopic (exact) mass is 453 g/mol. The summed E-state index contributed by atoms with van der Waals surface area (Å²) < 4.78 is 59.6. The fourth-order valence-corrected chi connectivity index (χ4v) is 5.09. The Morgan fingerprint density at radius 2 is 1.43 bits per heavy atom. The number of nitrogens with one attached hydrogen (secondary N) is 2. The van der Waals surface area contributed by atoms with Crippen molar-refractivity contribution in [2.45, 2.75) is 22.8 Å². The Hall–Kier alpha value is -1.82. The largest absolute Gasteiger partial charge is 0.379 e. The average Bonchev–Trinajstić information content (AvgIpc) is 2.76. The highest BCUT2D eigenvalue weighted by Crippen LogP contribution is 2.23. The highest BCUT2D eigenvalue weighted by Gasteiger charge is 2.25. The molecule has 2 N–H and O–H groups in total. The molecule has 0 bridgehead atoms. The van der Waals surface area contributed by atoms with Gasteiger partial charge in [-0.1, -0.05) is 29.8 Å².